The first-order valence-electron chi connectivity index (χ1n) is 3.06. The maximum Gasteiger partial charge on any atom is 0.502 e. The molecule has 1 nitrogen and oxygen atoms in total. The predicted octanol–water partition coefficient (Wildman–Crippen LogP) is 1.72. The number of rotatable bonds is 1. The molecule has 1 rings (SSSR count). The zero-order valence-electron chi connectivity index (χ0n) is 5.32. The van der Waals surface area contributed by atoms with Crippen molar-refractivity contribution in [3.8, 4) is 0 Å². The van der Waals surface area contributed by atoms with Crippen LogP contribution in [-0.2, 0) is 4.74 Å². The molecule has 0 aromatic heterocycles. The van der Waals surface area contributed by atoms with Gasteiger partial charge in [0.15, 0.2) is 0 Å². The van der Waals surface area contributed by atoms with E-state index in [2.05, 4.69) is 0 Å². The highest BCUT2D eigenvalue weighted by molar-refractivity contribution is 6.64. The van der Waals surface area contributed by atoms with Crippen molar-refractivity contribution in [1.29, 1.82) is 0 Å². The lowest BCUT2D eigenvalue weighted by Crippen LogP contribution is -2.11. The van der Waals surface area contributed by atoms with Gasteiger partial charge >= 0.3 is 6.98 Å². The van der Waals surface area contributed by atoms with Crippen molar-refractivity contribution in [1.82, 2.24) is 0 Å². The Labute approximate surface area is 56.9 Å². The molecule has 0 amide bonds. The van der Waals surface area contributed by atoms with Gasteiger partial charge in [0.05, 0.1) is 13.2 Å². The minimum absolute atomic E-state index is 0.154. The van der Waals surface area contributed by atoms with E-state index in [1.807, 2.05) is 0 Å². The largest absolute Gasteiger partial charge is 0.502 e. The van der Waals surface area contributed by atoms with Gasteiger partial charge in [0.25, 0.3) is 0 Å². The Kier molecular flexibility index (Phi) is 2.04. The predicted molar refractivity (Wildman–Crippen MR) is 32.6 cm³/mol. The molecule has 1 aliphatic rings. The Bertz CT molecular complexity index is 143. The lowest BCUT2D eigenvalue weighted by molar-refractivity contribution is 0.204. The molecule has 1 fully saturated rings. The van der Waals surface area contributed by atoms with Crippen molar-refractivity contribution in [2.24, 2.45) is 0 Å². The molecular formula is C5H7BF3O-. The van der Waals surface area contributed by atoms with Gasteiger partial charge < -0.3 is 17.7 Å². The second kappa shape index (κ2) is 2.66. The molecule has 58 valence electrons. The zero-order valence-corrected chi connectivity index (χ0v) is 5.32. The lowest BCUT2D eigenvalue weighted by Gasteiger charge is -2.08. The normalized spacial score (nSPS) is 24.1. The third kappa shape index (κ3) is 2.43. The van der Waals surface area contributed by atoms with Gasteiger partial charge in [-0.1, -0.05) is 5.57 Å². The van der Waals surface area contributed by atoms with Gasteiger partial charge in [0, 0.05) is 0 Å². The fourth-order valence-corrected chi connectivity index (χ4v) is 0.877. The van der Waals surface area contributed by atoms with E-state index in [0.717, 1.165) is 0 Å². The van der Waals surface area contributed by atoms with Crippen LogP contribution >= 0.6 is 0 Å². The molecule has 0 aromatic rings. The van der Waals surface area contributed by atoms with E-state index in [9.17, 15) is 12.9 Å². The quantitative estimate of drug-likeness (QED) is 0.518. The molecule has 5 heteroatoms. The number of halogens is 3. The first-order valence-corrected chi connectivity index (χ1v) is 3.06. The highest BCUT2D eigenvalue weighted by atomic mass is 19.4. The van der Waals surface area contributed by atoms with Crippen LogP contribution in [0.4, 0.5) is 12.9 Å². The molecular weight excluding hydrogens is 144 g/mol. The van der Waals surface area contributed by atoms with E-state index < -0.39 is 6.98 Å². The number of ether oxygens (including phenoxy) is 1. The Hall–Kier alpha value is -0.445. The van der Waals surface area contributed by atoms with Crippen LogP contribution in [0.15, 0.2) is 11.5 Å². The van der Waals surface area contributed by atoms with Crippen LogP contribution < -0.4 is 0 Å². The van der Waals surface area contributed by atoms with Gasteiger partial charge in [-0.25, -0.2) is 0 Å². The maximum atomic E-state index is 11.6. The second-order valence-electron chi connectivity index (χ2n) is 2.25. The highest BCUT2D eigenvalue weighted by Crippen LogP contribution is 2.18. The maximum absolute atomic E-state index is 11.6. The fraction of sp³-hybridized carbons (Fsp3) is 0.600. The first kappa shape index (κ1) is 7.66. The van der Waals surface area contributed by atoms with E-state index in [4.69, 9.17) is 4.74 Å². The van der Waals surface area contributed by atoms with Gasteiger partial charge in [-0.2, -0.15) is 0 Å². The standard InChI is InChI=1S/C5H7BF3O/c7-6(8,9)3-5-1-2-10-4-5/h3H,1-2,4H2/q-1/b5-3-. The molecule has 1 aliphatic heterocycles. The van der Waals surface area contributed by atoms with Gasteiger partial charge in [0.2, 0.25) is 0 Å². The van der Waals surface area contributed by atoms with Crippen LogP contribution in [0.25, 0.3) is 0 Å². The minimum Gasteiger partial charge on any atom is -0.445 e. The summed E-state index contributed by atoms with van der Waals surface area (Å²) in [4.78, 5) is 0. The van der Waals surface area contributed by atoms with E-state index in [-0.39, 0.29) is 6.61 Å². The summed E-state index contributed by atoms with van der Waals surface area (Å²) in [5.41, 5.74) is 0.368. The van der Waals surface area contributed by atoms with Gasteiger partial charge in [-0.15, -0.1) is 5.98 Å². The fourth-order valence-electron chi connectivity index (χ4n) is 0.877. The topological polar surface area (TPSA) is 9.23 Å². The molecule has 0 unspecified atom stereocenters. The molecule has 0 spiro atoms. The van der Waals surface area contributed by atoms with Gasteiger partial charge in [0.1, 0.15) is 0 Å². The smallest absolute Gasteiger partial charge is 0.445 e. The Morgan fingerprint density at radius 3 is 2.50 bits per heavy atom. The summed E-state index contributed by atoms with van der Waals surface area (Å²) >= 11 is 0. The zero-order chi connectivity index (χ0) is 7.61. The third-order valence-electron chi connectivity index (χ3n) is 1.28. The van der Waals surface area contributed by atoms with E-state index in [1.165, 1.54) is 0 Å². The molecule has 10 heavy (non-hydrogen) atoms. The summed E-state index contributed by atoms with van der Waals surface area (Å²) < 4.78 is 39.7. The molecule has 0 radical (unpaired) electrons. The minimum atomic E-state index is -4.76. The summed E-state index contributed by atoms with van der Waals surface area (Å²) in [6.07, 6.45) is 0.432. The molecule has 0 N–H and O–H groups in total. The molecule has 1 saturated heterocycles. The van der Waals surface area contributed by atoms with Crippen LogP contribution in [0.1, 0.15) is 6.42 Å². The van der Waals surface area contributed by atoms with Crippen molar-refractivity contribution < 1.29 is 17.7 Å². The van der Waals surface area contributed by atoms with Gasteiger partial charge in [-0.05, 0) is 6.42 Å². The molecule has 0 atom stereocenters. The van der Waals surface area contributed by atoms with Crippen LogP contribution in [0, 0.1) is 0 Å². The summed E-state index contributed by atoms with van der Waals surface area (Å²) in [6, 6.07) is 0. The Morgan fingerprint density at radius 1 is 1.40 bits per heavy atom. The van der Waals surface area contributed by atoms with Crippen molar-refractivity contribution >= 4 is 6.98 Å². The average Bonchev–Trinajstić information content (AvgIpc) is 2.12. The van der Waals surface area contributed by atoms with Gasteiger partial charge in [-0.3, -0.25) is 0 Å². The number of hydrogen-bond donors (Lipinski definition) is 0. The first-order chi connectivity index (χ1) is 4.58. The second-order valence-corrected chi connectivity index (χ2v) is 2.25. The summed E-state index contributed by atoms with van der Waals surface area (Å²) in [5, 5.41) is 0. The SMILES string of the molecule is F[B-](F)(F)/C=C1/CCOC1. The lowest BCUT2D eigenvalue weighted by atomic mass is 9.88. The highest BCUT2D eigenvalue weighted by Gasteiger charge is 2.20. The van der Waals surface area contributed by atoms with Crippen molar-refractivity contribution in [2.45, 2.75) is 6.42 Å². The van der Waals surface area contributed by atoms with Crippen LogP contribution in [0.2, 0.25) is 0 Å². The van der Waals surface area contributed by atoms with Crippen molar-refractivity contribution in [3.63, 3.8) is 0 Å². The monoisotopic (exact) mass is 151 g/mol. The van der Waals surface area contributed by atoms with Crippen LogP contribution in [0.3, 0.4) is 0 Å². The molecule has 1 heterocycles. The molecule has 0 aromatic carbocycles. The summed E-state index contributed by atoms with van der Waals surface area (Å²) in [5.74, 6) is 0.382. The third-order valence-corrected chi connectivity index (χ3v) is 1.28. The van der Waals surface area contributed by atoms with Crippen molar-refractivity contribution in [3.05, 3.63) is 11.5 Å². The Balaban J connectivity index is 2.53. The van der Waals surface area contributed by atoms with Crippen molar-refractivity contribution in [2.75, 3.05) is 13.2 Å². The Morgan fingerprint density at radius 2 is 2.10 bits per heavy atom. The molecule has 0 aliphatic carbocycles. The average molecular weight is 151 g/mol. The summed E-state index contributed by atoms with van der Waals surface area (Å²) in [7, 11) is 0. The van der Waals surface area contributed by atoms with Crippen LogP contribution in [-0.4, -0.2) is 20.2 Å². The molecule has 0 bridgehead atoms. The number of hydrogen-bond acceptors (Lipinski definition) is 1. The van der Waals surface area contributed by atoms with E-state index >= 15 is 0 Å². The van der Waals surface area contributed by atoms with Crippen LogP contribution in [0.5, 0.6) is 0 Å². The summed E-state index contributed by atoms with van der Waals surface area (Å²) in [6.45, 7) is -4.17. The molecule has 0 saturated carbocycles. The van der Waals surface area contributed by atoms with E-state index in [1.54, 1.807) is 0 Å². The van der Waals surface area contributed by atoms with E-state index in [0.29, 0.717) is 24.6 Å².